The highest BCUT2D eigenvalue weighted by Crippen LogP contribution is 2.60. The Morgan fingerprint density at radius 3 is 2.29 bits per heavy atom. The second-order valence-electron chi connectivity index (χ2n) is 12.1. The van der Waals surface area contributed by atoms with Gasteiger partial charge >= 0.3 is 0 Å². The molecule has 3 aliphatic carbocycles. The zero-order valence-electron chi connectivity index (χ0n) is 20.6. The standard InChI is InChI=1S/C26H44O4Si/c1-18-23-21(26(18)28-16-17-29-26)14-12-20(24(23)27)13-15-22(19-10-8-7-9-11-19)30-31(5,6)25(2,3)4/h18-24,27H,7-12,14,16-17H2,1-6H3/t18-,20+,21-,22-,23-,24+/m1/s1. The SMILES string of the molecule is C[C@@H]1[C@H]2[C@@H](O)[C@H](C#C[C@@H](O[Si](C)(C)C(C)(C)C)C3CCCCC3)CC[C@H]2C12OCCO2. The van der Waals surface area contributed by atoms with E-state index in [4.69, 9.17) is 13.9 Å². The monoisotopic (exact) mass is 448 g/mol. The van der Waals surface area contributed by atoms with Gasteiger partial charge in [-0.3, -0.25) is 0 Å². The van der Waals surface area contributed by atoms with Gasteiger partial charge in [-0.15, -0.1) is 0 Å². The highest BCUT2D eigenvalue weighted by atomic mass is 28.4. The third kappa shape index (κ3) is 4.28. The number of rotatable bonds is 3. The lowest BCUT2D eigenvalue weighted by Crippen LogP contribution is -2.67. The van der Waals surface area contributed by atoms with Crippen LogP contribution in [0, 0.1) is 41.4 Å². The van der Waals surface area contributed by atoms with E-state index in [-0.39, 0.29) is 35.0 Å². The molecule has 4 nitrogen and oxygen atoms in total. The summed E-state index contributed by atoms with van der Waals surface area (Å²) >= 11 is 0. The maximum atomic E-state index is 11.2. The van der Waals surface area contributed by atoms with Gasteiger partial charge in [-0.2, -0.15) is 0 Å². The average Bonchev–Trinajstić information content (AvgIpc) is 3.24. The van der Waals surface area contributed by atoms with E-state index < -0.39 is 14.1 Å². The second kappa shape index (κ2) is 8.76. The highest BCUT2D eigenvalue weighted by Gasteiger charge is 2.67. The molecule has 0 unspecified atom stereocenters. The normalized spacial score (nSPS) is 36.9. The van der Waals surface area contributed by atoms with Gasteiger partial charge in [-0.05, 0) is 49.7 Å². The van der Waals surface area contributed by atoms with Crippen molar-refractivity contribution >= 4 is 8.32 Å². The lowest BCUT2D eigenvalue weighted by Gasteiger charge is -2.61. The first-order valence-electron chi connectivity index (χ1n) is 12.7. The summed E-state index contributed by atoms with van der Waals surface area (Å²) in [4.78, 5) is 0. The zero-order chi connectivity index (χ0) is 22.4. The van der Waals surface area contributed by atoms with Gasteiger partial charge in [0.2, 0.25) is 0 Å². The van der Waals surface area contributed by atoms with Crippen molar-refractivity contribution in [2.24, 2.45) is 29.6 Å². The number of hydrogen-bond acceptors (Lipinski definition) is 4. The minimum atomic E-state index is -1.90. The van der Waals surface area contributed by atoms with Crippen molar-refractivity contribution in [1.29, 1.82) is 0 Å². The Balaban J connectivity index is 1.48. The topological polar surface area (TPSA) is 47.9 Å². The third-order valence-electron chi connectivity index (χ3n) is 9.24. The molecule has 1 spiro atoms. The fourth-order valence-corrected chi connectivity index (χ4v) is 7.51. The maximum absolute atomic E-state index is 11.2. The summed E-state index contributed by atoms with van der Waals surface area (Å²) < 4.78 is 18.9. The Labute approximate surface area is 190 Å². The molecule has 4 fully saturated rings. The molecule has 5 heteroatoms. The maximum Gasteiger partial charge on any atom is 0.193 e. The largest absolute Gasteiger partial charge is 0.403 e. The summed E-state index contributed by atoms with van der Waals surface area (Å²) in [7, 11) is -1.90. The second-order valence-corrected chi connectivity index (χ2v) is 16.8. The van der Waals surface area contributed by atoms with Crippen LogP contribution in [0.25, 0.3) is 0 Å². The molecular formula is C26H44O4Si. The molecule has 1 aliphatic heterocycles. The van der Waals surface area contributed by atoms with Gasteiger partial charge in [0.1, 0.15) is 6.10 Å². The predicted molar refractivity (Wildman–Crippen MR) is 126 cm³/mol. The molecule has 0 bridgehead atoms. The Morgan fingerprint density at radius 2 is 1.68 bits per heavy atom. The molecule has 0 radical (unpaired) electrons. The highest BCUT2D eigenvalue weighted by molar-refractivity contribution is 6.74. The van der Waals surface area contributed by atoms with Crippen molar-refractivity contribution in [3.05, 3.63) is 0 Å². The van der Waals surface area contributed by atoms with Crippen LogP contribution in [0.4, 0.5) is 0 Å². The van der Waals surface area contributed by atoms with Crippen LogP contribution in [0.5, 0.6) is 0 Å². The summed E-state index contributed by atoms with van der Waals surface area (Å²) in [5.74, 6) is 8.07. The van der Waals surface area contributed by atoms with Crippen LogP contribution in [-0.2, 0) is 13.9 Å². The summed E-state index contributed by atoms with van der Waals surface area (Å²) in [6.45, 7) is 15.1. The molecule has 1 heterocycles. The molecule has 176 valence electrons. The summed E-state index contributed by atoms with van der Waals surface area (Å²) in [6.07, 6.45) is 7.94. The van der Waals surface area contributed by atoms with Gasteiger partial charge < -0.3 is 19.0 Å². The molecule has 4 aliphatic rings. The lowest BCUT2D eigenvalue weighted by molar-refractivity contribution is -0.340. The van der Waals surface area contributed by atoms with Crippen LogP contribution in [0.1, 0.15) is 72.6 Å². The molecule has 0 aromatic carbocycles. The molecule has 31 heavy (non-hydrogen) atoms. The van der Waals surface area contributed by atoms with Crippen LogP contribution >= 0.6 is 0 Å². The predicted octanol–water partition coefficient (Wildman–Crippen LogP) is 5.36. The van der Waals surface area contributed by atoms with E-state index >= 15 is 0 Å². The van der Waals surface area contributed by atoms with Crippen molar-refractivity contribution in [1.82, 2.24) is 0 Å². The number of aliphatic hydroxyl groups excluding tert-OH is 1. The van der Waals surface area contributed by atoms with Crippen molar-refractivity contribution in [2.75, 3.05) is 13.2 Å². The van der Waals surface area contributed by atoms with Gasteiger partial charge in [0, 0.05) is 23.7 Å². The van der Waals surface area contributed by atoms with Crippen molar-refractivity contribution in [3.8, 4) is 11.8 Å². The van der Waals surface area contributed by atoms with Gasteiger partial charge in [0.25, 0.3) is 0 Å². The summed E-state index contributed by atoms with van der Waals surface area (Å²) in [6, 6.07) is 0. The van der Waals surface area contributed by atoms with E-state index in [0.717, 1.165) is 12.8 Å². The first-order chi connectivity index (χ1) is 14.6. The molecule has 0 aromatic heterocycles. The summed E-state index contributed by atoms with van der Waals surface area (Å²) in [5.41, 5.74) is 0. The van der Waals surface area contributed by atoms with Crippen LogP contribution in [0.2, 0.25) is 18.1 Å². The average molecular weight is 449 g/mol. The molecule has 4 rings (SSSR count). The van der Waals surface area contributed by atoms with Crippen molar-refractivity contribution < 1.29 is 19.0 Å². The van der Waals surface area contributed by atoms with Crippen molar-refractivity contribution in [2.45, 2.75) is 109 Å². The third-order valence-corrected chi connectivity index (χ3v) is 13.7. The fourth-order valence-electron chi connectivity index (χ4n) is 6.27. The van der Waals surface area contributed by atoms with E-state index in [1.807, 2.05) is 0 Å². The first kappa shape index (κ1) is 23.8. The Bertz CT molecular complexity index is 690. The number of ether oxygens (including phenoxy) is 2. The number of hydrogen-bond donors (Lipinski definition) is 1. The molecular weight excluding hydrogens is 404 g/mol. The van der Waals surface area contributed by atoms with E-state index in [1.54, 1.807) is 0 Å². The molecule has 1 N–H and O–H groups in total. The summed E-state index contributed by atoms with van der Waals surface area (Å²) in [5, 5.41) is 11.4. The smallest absolute Gasteiger partial charge is 0.193 e. The number of fused-ring (bicyclic) bond motifs is 2. The fraction of sp³-hybridized carbons (Fsp3) is 0.923. The van der Waals surface area contributed by atoms with Gasteiger partial charge in [0.15, 0.2) is 14.1 Å². The van der Waals surface area contributed by atoms with Crippen LogP contribution in [0.3, 0.4) is 0 Å². The van der Waals surface area contributed by atoms with Crippen molar-refractivity contribution in [3.63, 3.8) is 0 Å². The van der Waals surface area contributed by atoms with Gasteiger partial charge in [-0.25, -0.2) is 0 Å². The Morgan fingerprint density at radius 1 is 1.03 bits per heavy atom. The minimum absolute atomic E-state index is 0.0118. The van der Waals surface area contributed by atoms with Crippen LogP contribution < -0.4 is 0 Å². The van der Waals surface area contributed by atoms with E-state index in [0.29, 0.717) is 25.0 Å². The molecule has 1 saturated heterocycles. The Hall–Kier alpha value is -0.383. The van der Waals surface area contributed by atoms with Crippen LogP contribution in [-0.4, -0.2) is 44.6 Å². The van der Waals surface area contributed by atoms with Crippen LogP contribution in [0.15, 0.2) is 0 Å². The molecule has 3 saturated carbocycles. The molecule has 0 amide bonds. The van der Waals surface area contributed by atoms with Gasteiger partial charge in [-0.1, -0.05) is 58.8 Å². The van der Waals surface area contributed by atoms with E-state index in [1.165, 1.54) is 32.1 Å². The zero-order valence-corrected chi connectivity index (χ0v) is 21.6. The molecule has 6 atom stereocenters. The van der Waals surface area contributed by atoms with E-state index in [2.05, 4.69) is 52.6 Å². The lowest BCUT2D eigenvalue weighted by atomic mass is 9.52. The quantitative estimate of drug-likeness (QED) is 0.467. The Kier molecular flexibility index (Phi) is 6.72. The number of aliphatic hydroxyl groups is 1. The molecule has 0 aromatic rings. The van der Waals surface area contributed by atoms with E-state index in [9.17, 15) is 5.11 Å². The van der Waals surface area contributed by atoms with Gasteiger partial charge in [0.05, 0.1) is 19.3 Å². The first-order valence-corrected chi connectivity index (χ1v) is 15.6. The minimum Gasteiger partial charge on any atom is -0.403 e.